The maximum Gasteiger partial charge on any atom is 0.151 e. The lowest BCUT2D eigenvalue weighted by molar-refractivity contribution is 0.414. The van der Waals surface area contributed by atoms with Gasteiger partial charge in [0.15, 0.2) is 11.6 Å². The van der Waals surface area contributed by atoms with Gasteiger partial charge in [-0.25, -0.2) is 9.97 Å². The van der Waals surface area contributed by atoms with Crippen molar-refractivity contribution in [3.8, 4) is 89.4 Å². The first-order valence-electron chi connectivity index (χ1n) is 20.3. The smallest absolute Gasteiger partial charge is 0.151 e. The molecule has 1 aliphatic rings. The van der Waals surface area contributed by atoms with E-state index in [1.807, 2.05) is 71.2 Å². The van der Waals surface area contributed by atoms with Crippen molar-refractivity contribution in [3.05, 3.63) is 130 Å². The van der Waals surface area contributed by atoms with Crippen molar-refractivity contribution in [1.82, 2.24) is 19.1 Å². The minimum absolute atomic E-state index is 0.814. The standard InChI is InChI=1S/C51H48N4O4S2/c1-30-42(28-44(60-30)50-52-46(32-12-20-36(56-5)21-13-32)48(54(50)3)34-16-24-38(58-7)25-17-34)40-10-9-11-41(40)43-29-45(61-31(43)2)51-53-47(33-14-22-37(57-6)23-15-33)49(55(51)4)35-18-26-39(59-8)27-19-35/h12-29H,9-11H2,1-8H3. The van der Waals surface area contributed by atoms with Crippen molar-refractivity contribution in [2.45, 2.75) is 33.1 Å². The summed E-state index contributed by atoms with van der Waals surface area (Å²) in [4.78, 5) is 15.7. The van der Waals surface area contributed by atoms with Crippen LogP contribution in [-0.2, 0) is 14.1 Å². The molecule has 0 atom stereocenters. The first kappa shape index (κ1) is 40.1. The number of nitrogens with zero attached hydrogens (tertiary/aromatic N) is 4. The Kier molecular flexibility index (Phi) is 10.9. The Balaban J connectivity index is 1.11. The minimum Gasteiger partial charge on any atom is -0.497 e. The van der Waals surface area contributed by atoms with E-state index in [2.05, 4.69) is 97.7 Å². The van der Waals surface area contributed by atoms with Crippen LogP contribution in [0.2, 0.25) is 0 Å². The van der Waals surface area contributed by atoms with Crippen LogP contribution in [0.4, 0.5) is 0 Å². The van der Waals surface area contributed by atoms with Gasteiger partial charge in [0.2, 0.25) is 0 Å². The first-order chi connectivity index (χ1) is 29.7. The molecule has 308 valence electrons. The molecule has 0 bridgehead atoms. The summed E-state index contributed by atoms with van der Waals surface area (Å²) in [5.41, 5.74) is 13.7. The Hall–Kier alpha value is -6.36. The minimum atomic E-state index is 0.814. The number of rotatable bonds is 12. The molecule has 0 unspecified atom stereocenters. The molecule has 0 spiro atoms. The fraction of sp³-hybridized carbons (Fsp3) is 0.216. The number of aryl methyl sites for hydroxylation is 2. The van der Waals surface area contributed by atoms with E-state index in [0.29, 0.717) is 0 Å². The van der Waals surface area contributed by atoms with E-state index in [9.17, 15) is 0 Å². The molecule has 9 rings (SSSR count). The number of thiophene rings is 2. The molecule has 0 saturated heterocycles. The molecule has 0 amide bonds. The molecule has 8 nitrogen and oxygen atoms in total. The quantitative estimate of drug-likeness (QED) is 0.122. The topological polar surface area (TPSA) is 72.6 Å². The van der Waals surface area contributed by atoms with Crippen LogP contribution in [0.25, 0.3) is 77.6 Å². The van der Waals surface area contributed by atoms with Crippen LogP contribution >= 0.6 is 22.7 Å². The lowest BCUT2D eigenvalue weighted by Gasteiger charge is -2.09. The number of methoxy groups -OCH3 is 4. The average molecular weight is 845 g/mol. The summed E-state index contributed by atoms with van der Waals surface area (Å²) in [6, 6.07) is 37.5. The molecule has 0 fully saturated rings. The highest BCUT2D eigenvalue weighted by molar-refractivity contribution is 7.16. The summed E-state index contributed by atoms with van der Waals surface area (Å²) < 4.78 is 26.4. The molecule has 4 heterocycles. The maximum absolute atomic E-state index is 5.49. The van der Waals surface area contributed by atoms with Gasteiger partial charge in [0.25, 0.3) is 0 Å². The molecule has 4 aromatic heterocycles. The first-order valence-corrected chi connectivity index (χ1v) is 22.0. The number of benzene rings is 4. The van der Waals surface area contributed by atoms with E-state index >= 15 is 0 Å². The molecule has 1 aliphatic carbocycles. The van der Waals surface area contributed by atoms with Crippen LogP contribution in [0.15, 0.2) is 109 Å². The van der Waals surface area contributed by atoms with Gasteiger partial charge in [-0.05, 0) is 165 Å². The summed E-state index contributed by atoms with van der Waals surface area (Å²) in [6.07, 6.45) is 3.20. The second kappa shape index (κ2) is 16.6. The molecule has 0 radical (unpaired) electrons. The van der Waals surface area contributed by atoms with Gasteiger partial charge < -0.3 is 28.1 Å². The number of allylic oxidation sites excluding steroid dienone is 2. The van der Waals surface area contributed by atoms with Crippen LogP contribution in [0.5, 0.6) is 23.0 Å². The Morgan fingerprint density at radius 2 is 0.770 bits per heavy atom. The largest absolute Gasteiger partial charge is 0.497 e. The van der Waals surface area contributed by atoms with Crippen LogP contribution in [-0.4, -0.2) is 47.5 Å². The number of hydrogen-bond donors (Lipinski definition) is 0. The molecule has 4 aromatic carbocycles. The SMILES string of the molecule is COc1ccc(-c2nc(-c3cc(C4=C(c5cc(-c6nc(-c7ccc(OC)cc7)c(-c7ccc(OC)cc7)n6C)sc5C)CCC4)c(C)s3)n(C)c2-c2ccc(OC)cc2)cc1. The fourth-order valence-electron chi connectivity index (χ4n) is 8.62. The van der Waals surface area contributed by atoms with Gasteiger partial charge in [0.1, 0.15) is 23.0 Å². The van der Waals surface area contributed by atoms with Crippen molar-refractivity contribution >= 4 is 33.8 Å². The Morgan fingerprint density at radius 1 is 0.459 bits per heavy atom. The summed E-state index contributed by atoms with van der Waals surface area (Å²) in [5, 5.41) is 0. The predicted molar refractivity (Wildman–Crippen MR) is 251 cm³/mol. The highest BCUT2D eigenvalue weighted by Gasteiger charge is 2.27. The molecular weight excluding hydrogens is 797 g/mol. The highest BCUT2D eigenvalue weighted by Crippen LogP contribution is 2.48. The van der Waals surface area contributed by atoms with Gasteiger partial charge in [0.05, 0.1) is 61.0 Å². The van der Waals surface area contributed by atoms with Crippen LogP contribution in [0.3, 0.4) is 0 Å². The molecule has 0 saturated carbocycles. The van der Waals surface area contributed by atoms with Crippen molar-refractivity contribution < 1.29 is 18.9 Å². The molecule has 10 heteroatoms. The fourth-order valence-corrected chi connectivity index (χ4v) is 10.8. The normalized spacial score (nSPS) is 12.7. The molecule has 8 aromatic rings. The van der Waals surface area contributed by atoms with Crippen molar-refractivity contribution in [1.29, 1.82) is 0 Å². The van der Waals surface area contributed by atoms with Crippen molar-refractivity contribution in [2.24, 2.45) is 14.1 Å². The Bertz CT molecular complexity index is 2700. The highest BCUT2D eigenvalue weighted by atomic mass is 32.1. The van der Waals surface area contributed by atoms with Crippen molar-refractivity contribution in [2.75, 3.05) is 28.4 Å². The lowest BCUT2D eigenvalue weighted by Crippen LogP contribution is -1.95. The molecule has 0 N–H and O–H groups in total. The zero-order valence-electron chi connectivity index (χ0n) is 35.8. The Morgan fingerprint density at radius 3 is 1.08 bits per heavy atom. The van der Waals surface area contributed by atoms with Crippen LogP contribution < -0.4 is 18.9 Å². The summed E-state index contributed by atoms with van der Waals surface area (Å²) in [6.45, 7) is 4.51. The molecule has 61 heavy (non-hydrogen) atoms. The third-order valence-corrected chi connectivity index (χ3v) is 13.9. The van der Waals surface area contributed by atoms with E-state index in [0.717, 1.165) is 109 Å². The van der Waals surface area contributed by atoms with E-state index < -0.39 is 0 Å². The number of ether oxygens (including phenoxy) is 4. The van der Waals surface area contributed by atoms with E-state index in [-0.39, 0.29) is 0 Å². The monoisotopic (exact) mass is 844 g/mol. The number of imidazole rings is 2. The van der Waals surface area contributed by atoms with Crippen LogP contribution in [0.1, 0.15) is 40.1 Å². The van der Waals surface area contributed by atoms with Crippen LogP contribution in [0, 0.1) is 13.8 Å². The maximum atomic E-state index is 5.49. The van der Waals surface area contributed by atoms with Gasteiger partial charge in [-0.3, -0.25) is 0 Å². The van der Waals surface area contributed by atoms with E-state index in [1.165, 1.54) is 32.0 Å². The third kappa shape index (κ3) is 7.34. The number of hydrogen-bond acceptors (Lipinski definition) is 8. The summed E-state index contributed by atoms with van der Waals surface area (Å²) in [7, 11) is 11.0. The van der Waals surface area contributed by atoms with Crippen molar-refractivity contribution in [3.63, 3.8) is 0 Å². The average Bonchev–Trinajstić information content (AvgIpc) is 4.14. The molecular formula is C51H48N4O4S2. The van der Waals surface area contributed by atoms with E-state index in [1.54, 1.807) is 28.4 Å². The second-order valence-electron chi connectivity index (χ2n) is 15.3. The van der Waals surface area contributed by atoms with E-state index in [4.69, 9.17) is 28.9 Å². The third-order valence-electron chi connectivity index (χ3n) is 11.8. The lowest BCUT2D eigenvalue weighted by atomic mass is 9.97. The zero-order chi connectivity index (χ0) is 42.4. The van der Waals surface area contributed by atoms with Gasteiger partial charge in [-0.2, -0.15) is 0 Å². The number of aromatic nitrogens is 4. The summed E-state index contributed by atoms with van der Waals surface area (Å²) >= 11 is 3.64. The van der Waals surface area contributed by atoms with Gasteiger partial charge in [0, 0.05) is 46.1 Å². The van der Waals surface area contributed by atoms with Gasteiger partial charge in [-0.1, -0.05) is 0 Å². The molecule has 0 aliphatic heterocycles. The second-order valence-corrected chi connectivity index (χ2v) is 17.8. The predicted octanol–water partition coefficient (Wildman–Crippen LogP) is 13.0. The Labute approximate surface area is 365 Å². The zero-order valence-corrected chi connectivity index (χ0v) is 37.4. The van der Waals surface area contributed by atoms with Gasteiger partial charge >= 0.3 is 0 Å². The van der Waals surface area contributed by atoms with Gasteiger partial charge in [-0.15, -0.1) is 22.7 Å². The summed E-state index contributed by atoms with van der Waals surface area (Å²) in [5.74, 6) is 5.16.